The molecular formula is C20H17ClN2O4. The summed E-state index contributed by atoms with van der Waals surface area (Å²) in [5.41, 5.74) is 1.44. The first-order valence-electron chi connectivity index (χ1n) is 8.31. The zero-order chi connectivity index (χ0) is 19.6. The van der Waals surface area contributed by atoms with E-state index in [4.69, 9.17) is 16.3 Å². The van der Waals surface area contributed by atoms with Crippen molar-refractivity contribution in [1.29, 1.82) is 0 Å². The molecule has 0 spiro atoms. The van der Waals surface area contributed by atoms with Gasteiger partial charge in [-0.15, -0.1) is 0 Å². The molecule has 3 aromatic rings. The minimum absolute atomic E-state index is 0.228. The van der Waals surface area contributed by atoms with Crippen molar-refractivity contribution in [2.75, 3.05) is 11.9 Å². The molecule has 6 nitrogen and oxygen atoms in total. The average molecular weight is 385 g/mol. The zero-order valence-corrected chi connectivity index (χ0v) is 15.5. The van der Waals surface area contributed by atoms with Crippen molar-refractivity contribution >= 4 is 46.0 Å². The van der Waals surface area contributed by atoms with E-state index in [0.717, 1.165) is 0 Å². The molecule has 1 aromatic heterocycles. The van der Waals surface area contributed by atoms with Gasteiger partial charge in [-0.2, -0.15) is 0 Å². The molecule has 0 fully saturated rings. The van der Waals surface area contributed by atoms with Gasteiger partial charge < -0.3 is 10.1 Å². The molecule has 27 heavy (non-hydrogen) atoms. The molecule has 0 radical (unpaired) electrons. The Morgan fingerprint density at radius 2 is 1.85 bits per heavy atom. The fraction of sp³-hybridized carbons (Fsp3) is 0.150. The van der Waals surface area contributed by atoms with Gasteiger partial charge in [0.15, 0.2) is 0 Å². The molecule has 0 bridgehead atoms. The molecule has 0 unspecified atom stereocenters. The van der Waals surface area contributed by atoms with Crippen LogP contribution in [-0.4, -0.2) is 29.0 Å². The Labute approximate surface area is 160 Å². The minimum Gasteiger partial charge on any atom is -0.462 e. The van der Waals surface area contributed by atoms with E-state index in [-0.39, 0.29) is 23.6 Å². The van der Waals surface area contributed by atoms with Crippen LogP contribution in [0.3, 0.4) is 0 Å². The standard InChI is InChI=1S/C20H17ClN2O4/c1-3-27-20(26)14-6-4-5-7-17(14)22-19(25)16-11-23(12(2)24)18-9-8-13(21)10-15(16)18/h4-11H,3H2,1-2H3,(H,22,25). The minimum atomic E-state index is -0.525. The van der Waals surface area contributed by atoms with Crippen LogP contribution in [0.1, 0.15) is 39.4 Å². The topological polar surface area (TPSA) is 77.4 Å². The lowest BCUT2D eigenvalue weighted by molar-refractivity contribution is 0.0527. The summed E-state index contributed by atoms with van der Waals surface area (Å²) in [6.45, 7) is 3.34. The highest BCUT2D eigenvalue weighted by molar-refractivity contribution is 6.31. The number of benzene rings is 2. The fourth-order valence-electron chi connectivity index (χ4n) is 2.81. The van der Waals surface area contributed by atoms with E-state index in [9.17, 15) is 14.4 Å². The van der Waals surface area contributed by atoms with Crippen molar-refractivity contribution in [3.05, 3.63) is 64.8 Å². The first-order valence-corrected chi connectivity index (χ1v) is 8.69. The van der Waals surface area contributed by atoms with Crippen LogP contribution in [0.5, 0.6) is 0 Å². The number of carbonyl (C=O) groups excluding carboxylic acids is 3. The molecule has 3 rings (SSSR count). The average Bonchev–Trinajstić information content (AvgIpc) is 3.01. The van der Waals surface area contributed by atoms with Crippen LogP contribution in [0, 0.1) is 0 Å². The summed E-state index contributed by atoms with van der Waals surface area (Å²) in [6.07, 6.45) is 1.46. The highest BCUT2D eigenvalue weighted by Gasteiger charge is 2.20. The molecule has 7 heteroatoms. The number of nitrogens with one attached hydrogen (secondary N) is 1. The number of halogens is 1. The number of carbonyl (C=O) groups is 3. The molecule has 0 aliphatic carbocycles. The second-order valence-electron chi connectivity index (χ2n) is 5.81. The van der Waals surface area contributed by atoms with Crippen molar-refractivity contribution in [3.8, 4) is 0 Å². The first-order chi connectivity index (χ1) is 12.9. The predicted octanol–water partition coefficient (Wildman–Crippen LogP) is 4.38. The molecule has 0 aliphatic rings. The van der Waals surface area contributed by atoms with Gasteiger partial charge in [-0.25, -0.2) is 4.79 Å². The van der Waals surface area contributed by atoms with Gasteiger partial charge in [0.05, 0.1) is 28.9 Å². The quantitative estimate of drug-likeness (QED) is 0.677. The lowest BCUT2D eigenvalue weighted by Crippen LogP contribution is -2.16. The molecule has 1 N–H and O–H groups in total. The van der Waals surface area contributed by atoms with Gasteiger partial charge in [-0.3, -0.25) is 14.2 Å². The van der Waals surface area contributed by atoms with Gasteiger partial charge in [-0.05, 0) is 37.3 Å². The van der Waals surface area contributed by atoms with Gasteiger partial charge in [-0.1, -0.05) is 23.7 Å². The molecule has 1 amide bonds. The van der Waals surface area contributed by atoms with Crippen LogP contribution in [0.15, 0.2) is 48.7 Å². The van der Waals surface area contributed by atoms with Crippen molar-refractivity contribution in [3.63, 3.8) is 0 Å². The maximum atomic E-state index is 12.9. The van der Waals surface area contributed by atoms with Gasteiger partial charge in [0, 0.05) is 23.5 Å². The number of anilines is 1. The normalized spacial score (nSPS) is 10.6. The Kier molecular flexibility index (Phi) is 5.28. The molecule has 0 saturated heterocycles. The van der Waals surface area contributed by atoms with Crippen LogP contribution in [0.2, 0.25) is 5.02 Å². The lowest BCUT2D eigenvalue weighted by Gasteiger charge is -2.10. The van der Waals surface area contributed by atoms with Gasteiger partial charge in [0.2, 0.25) is 5.91 Å². The van der Waals surface area contributed by atoms with E-state index in [0.29, 0.717) is 21.6 Å². The number of esters is 1. The summed E-state index contributed by atoms with van der Waals surface area (Å²) in [4.78, 5) is 36.9. The number of hydrogen-bond donors (Lipinski definition) is 1. The van der Waals surface area contributed by atoms with Crippen LogP contribution in [-0.2, 0) is 4.74 Å². The highest BCUT2D eigenvalue weighted by Crippen LogP contribution is 2.26. The number of aromatic nitrogens is 1. The van der Waals surface area contributed by atoms with E-state index >= 15 is 0 Å². The van der Waals surface area contributed by atoms with E-state index in [1.165, 1.54) is 17.7 Å². The van der Waals surface area contributed by atoms with Crippen LogP contribution in [0.25, 0.3) is 10.9 Å². The van der Waals surface area contributed by atoms with Crippen molar-refractivity contribution in [2.24, 2.45) is 0 Å². The van der Waals surface area contributed by atoms with Crippen molar-refractivity contribution in [1.82, 2.24) is 4.57 Å². The summed E-state index contributed by atoms with van der Waals surface area (Å²) in [5.74, 6) is -1.21. The number of hydrogen-bond acceptors (Lipinski definition) is 4. The monoisotopic (exact) mass is 384 g/mol. The zero-order valence-electron chi connectivity index (χ0n) is 14.8. The smallest absolute Gasteiger partial charge is 0.340 e. The fourth-order valence-corrected chi connectivity index (χ4v) is 2.98. The molecule has 1 heterocycles. The van der Waals surface area contributed by atoms with E-state index in [1.54, 1.807) is 49.4 Å². The number of amides is 1. The van der Waals surface area contributed by atoms with Crippen LogP contribution in [0.4, 0.5) is 5.69 Å². The number of rotatable bonds is 4. The second-order valence-corrected chi connectivity index (χ2v) is 6.25. The van der Waals surface area contributed by atoms with Crippen LogP contribution < -0.4 is 5.32 Å². The summed E-state index contributed by atoms with van der Waals surface area (Å²) in [5, 5.41) is 3.72. The highest BCUT2D eigenvalue weighted by atomic mass is 35.5. The second kappa shape index (κ2) is 7.63. The Morgan fingerprint density at radius 3 is 2.56 bits per heavy atom. The molecule has 2 aromatic carbocycles. The SMILES string of the molecule is CCOC(=O)c1ccccc1NC(=O)c1cn(C(C)=O)c2ccc(Cl)cc12. The van der Waals surface area contributed by atoms with Crippen molar-refractivity contribution in [2.45, 2.75) is 13.8 Å². The molecular weight excluding hydrogens is 368 g/mol. The van der Waals surface area contributed by atoms with Gasteiger partial charge in [0.25, 0.3) is 5.91 Å². The third-order valence-electron chi connectivity index (χ3n) is 4.02. The number of nitrogens with zero attached hydrogens (tertiary/aromatic N) is 1. The van der Waals surface area contributed by atoms with Crippen molar-refractivity contribution < 1.29 is 19.1 Å². The van der Waals surface area contributed by atoms with Gasteiger partial charge >= 0.3 is 5.97 Å². The van der Waals surface area contributed by atoms with E-state index in [2.05, 4.69) is 5.32 Å². The first kappa shape index (κ1) is 18.7. The Morgan fingerprint density at radius 1 is 1.11 bits per heavy atom. The summed E-state index contributed by atoms with van der Waals surface area (Å²) < 4.78 is 6.41. The molecule has 0 aliphatic heterocycles. The molecule has 0 atom stereocenters. The third kappa shape index (κ3) is 3.71. The largest absolute Gasteiger partial charge is 0.462 e. The molecule has 0 saturated carbocycles. The number of fused-ring (bicyclic) bond motifs is 1. The predicted molar refractivity (Wildman–Crippen MR) is 104 cm³/mol. The molecule has 138 valence electrons. The summed E-state index contributed by atoms with van der Waals surface area (Å²) in [6, 6.07) is 11.5. The lowest BCUT2D eigenvalue weighted by atomic mass is 10.1. The summed E-state index contributed by atoms with van der Waals surface area (Å²) in [7, 11) is 0. The number of ether oxygens (including phenoxy) is 1. The van der Waals surface area contributed by atoms with E-state index < -0.39 is 11.9 Å². The van der Waals surface area contributed by atoms with Gasteiger partial charge in [0.1, 0.15) is 0 Å². The Bertz CT molecular complexity index is 1060. The number of para-hydroxylation sites is 1. The van der Waals surface area contributed by atoms with Crippen LogP contribution >= 0.6 is 11.6 Å². The third-order valence-corrected chi connectivity index (χ3v) is 4.26. The Balaban J connectivity index is 2.02. The summed E-state index contributed by atoms with van der Waals surface area (Å²) >= 11 is 6.06. The maximum absolute atomic E-state index is 12.9. The maximum Gasteiger partial charge on any atom is 0.340 e. The van der Waals surface area contributed by atoms with E-state index in [1.807, 2.05) is 0 Å². The Hall–Kier alpha value is -3.12.